The molecule has 0 unspecified atom stereocenters. The lowest BCUT2D eigenvalue weighted by Crippen LogP contribution is -2.35. The van der Waals surface area contributed by atoms with E-state index in [0.29, 0.717) is 6.92 Å². The average Bonchev–Trinajstić information content (AvgIpc) is 1.95. The Labute approximate surface area is 88.1 Å². The number of rotatable bonds is 5. The number of halogens is 4. The molecule has 10 heteroatoms. The van der Waals surface area contributed by atoms with Gasteiger partial charge in [-0.2, -0.15) is 17.2 Å². The maximum Gasteiger partial charge on any atom is 0.402 e. The Balaban J connectivity index is 4.33. The van der Waals surface area contributed by atoms with Crippen LogP contribution in [0.1, 0.15) is 13.3 Å². The Hall–Kier alpha value is -0.900. The molecule has 0 aliphatic carbocycles. The van der Waals surface area contributed by atoms with Gasteiger partial charge in [0.05, 0.1) is 0 Å². The fourth-order valence-corrected chi connectivity index (χ4v) is 0.751. The third kappa shape index (κ3) is 5.26. The van der Waals surface area contributed by atoms with E-state index in [2.05, 4.69) is 4.74 Å². The van der Waals surface area contributed by atoms with E-state index in [9.17, 15) is 30.8 Å². The third-order valence-electron chi connectivity index (χ3n) is 1.23. The average molecular weight is 268 g/mol. The van der Waals surface area contributed by atoms with Crippen LogP contribution in [-0.2, 0) is 19.6 Å². The molecule has 0 aromatic rings. The van der Waals surface area contributed by atoms with Gasteiger partial charge < -0.3 is 4.74 Å². The number of carbonyl (C=O) groups excluding carboxylic acids is 1. The summed E-state index contributed by atoms with van der Waals surface area (Å²) in [5.74, 6) is -5.15. The van der Waals surface area contributed by atoms with Crippen molar-refractivity contribution in [3.8, 4) is 0 Å². The van der Waals surface area contributed by atoms with Gasteiger partial charge in [-0.25, -0.2) is 8.78 Å². The van der Waals surface area contributed by atoms with Gasteiger partial charge in [-0.1, -0.05) is 0 Å². The van der Waals surface area contributed by atoms with Crippen LogP contribution in [-0.4, -0.2) is 36.7 Å². The first-order valence-electron chi connectivity index (χ1n) is 3.73. The fraction of sp³-hybridized carbons (Fsp3) is 0.833. The zero-order chi connectivity index (χ0) is 13.2. The van der Waals surface area contributed by atoms with Crippen LogP contribution >= 0.6 is 0 Å². The Kier molecular flexibility index (Phi) is 4.28. The van der Waals surface area contributed by atoms with E-state index in [1.54, 1.807) is 0 Å². The molecule has 5 nitrogen and oxygen atoms in total. The third-order valence-corrected chi connectivity index (χ3v) is 2.11. The number of ether oxygens (including phenoxy) is 1. The van der Waals surface area contributed by atoms with Gasteiger partial charge >= 0.3 is 21.3 Å². The van der Waals surface area contributed by atoms with E-state index in [0.717, 1.165) is 0 Å². The maximum atomic E-state index is 12.4. The van der Waals surface area contributed by atoms with Crippen LogP contribution < -0.4 is 0 Å². The maximum absolute atomic E-state index is 12.4. The molecule has 0 aliphatic heterocycles. The smallest absolute Gasteiger partial charge is 0.402 e. The molecular weight excluding hydrogens is 260 g/mol. The van der Waals surface area contributed by atoms with Crippen LogP contribution in [0.15, 0.2) is 0 Å². The summed E-state index contributed by atoms with van der Waals surface area (Å²) in [4.78, 5) is 10.5. The molecule has 0 fully saturated rings. The molecule has 0 aromatic carbocycles. The minimum Gasteiger partial charge on any atom is -0.458 e. The largest absolute Gasteiger partial charge is 0.458 e. The number of alkyl halides is 4. The zero-order valence-corrected chi connectivity index (χ0v) is 8.73. The van der Waals surface area contributed by atoms with E-state index in [1.807, 2.05) is 0 Å². The molecule has 0 saturated heterocycles. The van der Waals surface area contributed by atoms with Crippen molar-refractivity contribution in [2.75, 3.05) is 6.61 Å². The lowest BCUT2D eigenvalue weighted by molar-refractivity contribution is -0.156. The second-order valence-electron chi connectivity index (χ2n) is 3.02. The highest BCUT2D eigenvalue weighted by atomic mass is 32.2. The summed E-state index contributed by atoms with van der Waals surface area (Å²) in [6.45, 7) is -1.66. The lowest BCUT2D eigenvalue weighted by atomic mass is 10.3. The van der Waals surface area contributed by atoms with Crippen LogP contribution in [0.3, 0.4) is 0 Å². The highest BCUT2D eigenvalue weighted by Crippen LogP contribution is 2.22. The molecule has 0 atom stereocenters. The van der Waals surface area contributed by atoms with Gasteiger partial charge in [-0.15, -0.1) is 0 Å². The normalized spacial score (nSPS) is 13.6. The molecule has 0 amide bonds. The van der Waals surface area contributed by atoms with Crippen molar-refractivity contribution in [3.63, 3.8) is 0 Å². The quantitative estimate of drug-likeness (QED) is 0.458. The van der Waals surface area contributed by atoms with Crippen molar-refractivity contribution in [2.45, 2.75) is 24.5 Å². The topological polar surface area (TPSA) is 80.7 Å². The van der Waals surface area contributed by atoms with Crippen LogP contribution in [0.5, 0.6) is 0 Å². The van der Waals surface area contributed by atoms with Gasteiger partial charge in [0, 0.05) is 0 Å². The molecule has 0 aliphatic rings. The molecule has 0 rings (SSSR count). The van der Waals surface area contributed by atoms with Crippen molar-refractivity contribution >= 4 is 16.1 Å². The molecule has 0 bridgehead atoms. The van der Waals surface area contributed by atoms with Crippen molar-refractivity contribution in [1.29, 1.82) is 0 Å². The molecule has 0 heterocycles. The second-order valence-corrected chi connectivity index (χ2v) is 4.57. The van der Waals surface area contributed by atoms with Gasteiger partial charge in [-0.05, 0) is 6.92 Å². The molecule has 96 valence electrons. The Morgan fingerprint density at radius 2 is 1.75 bits per heavy atom. The predicted octanol–water partition coefficient (Wildman–Crippen LogP) is 1.06. The standard InChI is InChI=1S/C6H8F4O5S/c1-5(7,8)2-4(11)15-3-6(9,10)16(12,13)14/h2-3H2,1H3,(H,12,13,14). The van der Waals surface area contributed by atoms with Crippen LogP contribution in [0, 0.1) is 0 Å². The van der Waals surface area contributed by atoms with Gasteiger partial charge in [0.2, 0.25) is 0 Å². The van der Waals surface area contributed by atoms with Crippen molar-refractivity contribution in [3.05, 3.63) is 0 Å². The summed E-state index contributed by atoms with van der Waals surface area (Å²) < 4.78 is 80.8. The van der Waals surface area contributed by atoms with E-state index >= 15 is 0 Å². The number of esters is 1. The number of hydrogen-bond acceptors (Lipinski definition) is 4. The van der Waals surface area contributed by atoms with Gasteiger partial charge in [0.15, 0.2) is 6.61 Å². The predicted molar refractivity (Wildman–Crippen MR) is 42.7 cm³/mol. The SMILES string of the molecule is CC(F)(F)CC(=O)OCC(F)(F)S(=O)(=O)O. The van der Waals surface area contributed by atoms with Gasteiger partial charge in [0.25, 0.3) is 5.92 Å². The minimum atomic E-state index is -5.74. The molecule has 16 heavy (non-hydrogen) atoms. The van der Waals surface area contributed by atoms with Gasteiger partial charge in [0.1, 0.15) is 6.42 Å². The van der Waals surface area contributed by atoms with Crippen LogP contribution in [0.25, 0.3) is 0 Å². The van der Waals surface area contributed by atoms with Crippen molar-refractivity contribution < 1.29 is 40.1 Å². The van der Waals surface area contributed by atoms with Crippen molar-refractivity contribution in [1.82, 2.24) is 0 Å². The highest BCUT2D eigenvalue weighted by molar-refractivity contribution is 7.86. The molecule has 1 N–H and O–H groups in total. The van der Waals surface area contributed by atoms with Crippen LogP contribution in [0.2, 0.25) is 0 Å². The fourth-order valence-electron chi connectivity index (χ4n) is 0.543. The first kappa shape index (κ1) is 15.1. The molecule has 0 aromatic heterocycles. The number of hydrogen-bond donors (Lipinski definition) is 1. The Bertz CT molecular complexity index is 358. The first-order chi connectivity index (χ1) is 6.85. The second kappa shape index (κ2) is 4.53. The van der Waals surface area contributed by atoms with Crippen molar-refractivity contribution in [2.24, 2.45) is 0 Å². The molecule has 0 saturated carbocycles. The summed E-state index contributed by atoms with van der Waals surface area (Å²) >= 11 is 0. The summed E-state index contributed by atoms with van der Waals surface area (Å²) in [5, 5.41) is -4.72. The van der Waals surface area contributed by atoms with Gasteiger partial charge in [-0.3, -0.25) is 9.35 Å². The first-order valence-corrected chi connectivity index (χ1v) is 5.17. The van der Waals surface area contributed by atoms with E-state index in [-0.39, 0.29) is 0 Å². The van der Waals surface area contributed by atoms with E-state index in [4.69, 9.17) is 4.55 Å². The highest BCUT2D eigenvalue weighted by Gasteiger charge is 2.45. The number of carbonyl (C=O) groups is 1. The lowest BCUT2D eigenvalue weighted by Gasteiger charge is -2.14. The monoisotopic (exact) mass is 268 g/mol. The summed E-state index contributed by atoms with van der Waals surface area (Å²) in [6.07, 6.45) is -1.46. The van der Waals surface area contributed by atoms with E-state index < -0.39 is 40.3 Å². The molecule has 0 radical (unpaired) electrons. The summed E-state index contributed by atoms with van der Waals surface area (Å²) in [7, 11) is -5.74. The van der Waals surface area contributed by atoms with E-state index in [1.165, 1.54) is 0 Å². The van der Waals surface area contributed by atoms with Crippen LogP contribution in [0.4, 0.5) is 17.6 Å². The summed E-state index contributed by atoms with van der Waals surface area (Å²) in [5.41, 5.74) is 0. The zero-order valence-electron chi connectivity index (χ0n) is 7.91. The summed E-state index contributed by atoms with van der Waals surface area (Å²) in [6, 6.07) is 0. The molecule has 0 spiro atoms. The molecular formula is C6H8F4O5S. The Morgan fingerprint density at radius 3 is 2.06 bits per heavy atom. The minimum absolute atomic E-state index is 0.356. The Morgan fingerprint density at radius 1 is 1.31 bits per heavy atom.